The highest BCUT2D eigenvalue weighted by Crippen LogP contribution is 2.45. The molecular formula is C17H26BrNO. The van der Waals surface area contributed by atoms with Crippen LogP contribution in [0, 0.1) is 11.3 Å². The summed E-state index contributed by atoms with van der Waals surface area (Å²) in [6.45, 7) is 12.0. The van der Waals surface area contributed by atoms with Crippen molar-refractivity contribution < 1.29 is 5.11 Å². The Bertz CT molecular complexity index is 466. The Morgan fingerprint density at radius 2 is 1.85 bits per heavy atom. The van der Waals surface area contributed by atoms with Crippen LogP contribution in [0.5, 0.6) is 0 Å². The smallest absolute Gasteiger partial charge is 0.0782 e. The van der Waals surface area contributed by atoms with Crippen molar-refractivity contribution in [3.05, 3.63) is 34.3 Å². The zero-order valence-electron chi connectivity index (χ0n) is 13.1. The van der Waals surface area contributed by atoms with Gasteiger partial charge in [-0.1, -0.05) is 54.9 Å². The molecule has 0 radical (unpaired) electrons. The molecule has 1 aromatic carbocycles. The van der Waals surface area contributed by atoms with Gasteiger partial charge < -0.3 is 5.11 Å². The van der Waals surface area contributed by atoms with Crippen molar-refractivity contribution in [2.75, 3.05) is 6.54 Å². The van der Waals surface area contributed by atoms with Crippen molar-refractivity contribution in [2.24, 2.45) is 11.3 Å². The van der Waals surface area contributed by atoms with Crippen LogP contribution < -0.4 is 0 Å². The molecule has 3 unspecified atom stereocenters. The maximum atomic E-state index is 10.9. The van der Waals surface area contributed by atoms with E-state index < -0.39 is 0 Å². The number of aliphatic hydroxyl groups is 1. The number of likely N-dealkylation sites (tertiary alicyclic amines) is 1. The highest BCUT2D eigenvalue weighted by atomic mass is 79.9. The van der Waals surface area contributed by atoms with E-state index in [9.17, 15) is 5.11 Å². The fraction of sp³-hybridized carbons (Fsp3) is 0.647. The Balaban J connectivity index is 2.41. The molecule has 0 amide bonds. The zero-order valence-corrected chi connectivity index (χ0v) is 14.7. The maximum Gasteiger partial charge on any atom is 0.0782 e. The van der Waals surface area contributed by atoms with E-state index in [1.807, 2.05) is 6.07 Å². The van der Waals surface area contributed by atoms with Gasteiger partial charge in [-0.3, -0.25) is 4.90 Å². The van der Waals surface area contributed by atoms with E-state index in [4.69, 9.17) is 0 Å². The summed E-state index contributed by atoms with van der Waals surface area (Å²) >= 11 is 3.64. The van der Waals surface area contributed by atoms with Gasteiger partial charge in [0.2, 0.25) is 0 Å². The van der Waals surface area contributed by atoms with Gasteiger partial charge in [0.25, 0.3) is 0 Å². The number of nitrogens with zero attached hydrogens (tertiary/aromatic N) is 1. The van der Waals surface area contributed by atoms with Gasteiger partial charge in [0.05, 0.1) is 12.1 Å². The van der Waals surface area contributed by atoms with Crippen molar-refractivity contribution in [1.29, 1.82) is 0 Å². The summed E-state index contributed by atoms with van der Waals surface area (Å²) in [4.78, 5) is 2.43. The molecule has 3 atom stereocenters. The Morgan fingerprint density at radius 3 is 2.35 bits per heavy atom. The lowest BCUT2D eigenvalue weighted by Gasteiger charge is -2.31. The lowest BCUT2D eigenvalue weighted by atomic mass is 9.77. The predicted molar refractivity (Wildman–Crippen MR) is 87.7 cm³/mol. The minimum atomic E-state index is -0.323. The van der Waals surface area contributed by atoms with Crippen LogP contribution in [0.1, 0.15) is 46.2 Å². The average Bonchev–Trinajstić information content (AvgIpc) is 2.67. The molecule has 1 aliphatic heterocycles. The highest BCUT2D eigenvalue weighted by molar-refractivity contribution is 9.10. The van der Waals surface area contributed by atoms with Gasteiger partial charge in [-0.05, 0) is 30.9 Å². The minimum Gasteiger partial charge on any atom is -0.391 e. The molecule has 20 heavy (non-hydrogen) atoms. The molecule has 1 heterocycles. The van der Waals surface area contributed by atoms with Crippen molar-refractivity contribution >= 4 is 15.9 Å². The molecule has 0 aliphatic carbocycles. The van der Waals surface area contributed by atoms with Gasteiger partial charge in [0, 0.05) is 23.0 Å². The Labute approximate surface area is 131 Å². The second kappa shape index (κ2) is 5.78. The molecule has 2 nitrogen and oxygen atoms in total. The van der Waals surface area contributed by atoms with Crippen molar-refractivity contribution in [2.45, 2.75) is 52.8 Å². The number of halogens is 1. The molecule has 0 saturated carbocycles. The standard InChI is InChI=1S/C17H26BrNO/c1-11(2)19-10-13(17(3,4)5)16(20)15(19)12-8-6-7-9-14(12)18/h6-9,11,13,15-16,20H,10H2,1-5H3. The predicted octanol–water partition coefficient (Wildman–Crippen LogP) is 4.24. The van der Waals surface area contributed by atoms with Crippen LogP contribution in [0.3, 0.4) is 0 Å². The highest BCUT2D eigenvalue weighted by Gasteiger charge is 2.47. The molecule has 0 bridgehead atoms. The lowest BCUT2D eigenvalue weighted by molar-refractivity contribution is 0.0529. The lowest BCUT2D eigenvalue weighted by Crippen LogP contribution is -2.33. The van der Waals surface area contributed by atoms with E-state index in [0.29, 0.717) is 12.0 Å². The van der Waals surface area contributed by atoms with E-state index in [1.54, 1.807) is 0 Å². The van der Waals surface area contributed by atoms with Crippen LogP contribution in [0.4, 0.5) is 0 Å². The van der Waals surface area contributed by atoms with E-state index in [0.717, 1.165) is 11.0 Å². The fourth-order valence-corrected chi connectivity index (χ4v) is 3.78. The second-order valence-corrected chi connectivity index (χ2v) is 8.07. The van der Waals surface area contributed by atoms with Gasteiger partial charge in [0.1, 0.15) is 0 Å². The Morgan fingerprint density at radius 1 is 1.25 bits per heavy atom. The van der Waals surface area contributed by atoms with Gasteiger partial charge in [-0.15, -0.1) is 0 Å². The summed E-state index contributed by atoms with van der Waals surface area (Å²) in [6, 6.07) is 8.76. The number of hydrogen-bond acceptors (Lipinski definition) is 2. The van der Waals surface area contributed by atoms with Gasteiger partial charge in [0.15, 0.2) is 0 Å². The molecular weight excluding hydrogens is 314 g/mol. The molecule has 3 heteroatoms. The van der Waals surface area contributed by atoms with E-state index >= 15 is 0 Å². The number of aliphatic hydroxyl groups excluding tert-OH is 1. The molecule has 1 aliphatic rings. The molecule has 112 valence electrons. The van der Waals surface area contributed by atoms with E-state index in [2.05, 4.69) is 73.6 Å². The first-order valence-corrected chi connectivity index (χ1v) is 8.21. The largest absolute Gasteiger partial charge is 0.391 e. The van der Waals surface area contributed by atoms with Crippen LogP contribution in [-0.2, 0) is 0 Å². The third-order valence-electron chi connectivity index (χ3n) is 4.50. The van der Waals surface area contributed by atoms with Gasteiger partial charge in [-0.2, -0.15) is 0 Å². The summed E-state index contributed by atoms with van der Waals surface area (Å²) in [5.74, 6) is 0.294. The monoisotopic (exact) mass is 339 g/mol. The summed E-state index contributed by atoms with van der Waals surface area (Å²) in [5.41, 5.74) is 1.31. The topological polar surface area (TPSA) is 23.5 Å². The summed E-state index contributed by atoms with van der Waals surface area (Å²) in [6.07, 6.45) is -0.323. The molecule has 2 rings (SSSR count). The molecule has 1 N–H and O–H groups in total. The fourth-order valence-electron chi connectivity index (χ4n) is 3.26. The van der Waals surface area contributed by atoms with Crippen LogP contribution in [0.2, 0.25) is 0 Å². The number of benzene rings is 1. The summed E-state index contributed by atoms with van der Waals surface area (Å²) in [7, 11) is 0. The third kappa shape index (κ3) is 2.95. The SMILES string of the molecule is CC(C)N1CC(C(C)(C)C)C(O)C1c1ccccc1Br. The second-order valence-electron chi connectivity index (χ2n) is 7.22. The minimum absolute atomic E-state index is 0.0785. The average molecular weight is 340 g/mol. The van der Waals surface area contributed by atoms with Crippen molar-refractivity contribution in [3.63, 3.8) is 0 Å². The first kappa shape index (κ1) is 16.0. The van der Waals surface area contributed by atoms with Crippen molar-refractivity contribution in [3.8, 4) is 0 Å². The molecule has 1 fully saturated rings. The first-order valence-electron chi connectivity index (χ1n) is 7.41. The Hall–Kier alpha value is -0.380. The normalized spacial score (nSPS) is 28.3. The molecule has 1 aromatic rings. The summed E-state index contributed by atoms with van der Waals surface area (Å²) < 4.78 is 1.09. The van der Waals surface area contributed by atoms with Crippen LogP contribution >= 0.6 is 15.9 Å². The molecule has 0 aromatic heterocycles. The quantitative estimate of drug-likeness (QED) is 0.871. The van der Waals surface area contributed by atoms with Crippen LogP contribution in [0.25, 0.3) is 0 Å². The van der Waals surface area contributed by atoms with Gasteiger partial charge in [-0.25, -0.2) is 0 Å². The molecule has 1 saturated heterocycles. The number of rotatable bonds is 2. The zero-order chi connectivity index (χ0) is 15.1. The van der Waals surface area contributed by atoms with Crippen molar-refractivity contribution in [1.82, 2.24) is 4.90 Å². The summed E-state index contributed by atoms with van der Waals surface area (Å²) in [5, 5.41) is 10.9. The Kier molecular flexibility index (Phi) is 4.63. The molecule has 0 spiro atoms. The van der Waals surface area contributed by atoms with Crippen LogP contribution in [0.15, 0.2) is 28.7 Å². The number of hydrogen-bond donors (Lipinski definition) is 1. The first-order chi connectivity index (χ1) is 9.23. The van der Waals surface area contributed by atoms with E-state index in [-0.39, 0.29) is 17.6 Å². The maximum absolute atomic E-state index is 10.9. The van der Waals surface area contributed by atoms with E-state index in [1.165, 1.54) is 5.56 Å². The van der Waals surface area contributed by atoms with Crippen LogP contribution in [-0.4, -0.2) is 28.7 Å². The third-order valence-corrected chi connectivity index (χ3v) is 5.22. The van der Waals surface area contributed by atoms with Gasteiger partial charge >= 0.3 is 0 Å².